The van der Waals surface area contributed by atoms with E-state index < -0.39 is 28.3 Å². The Labute approximate surface area is 93.3 Å². The highest BCUT2D eigenvalue weighted by molar-refractivity contribution is 7.90. The Hall–Kier alpha value is -1.40. The highest BCUT2D eigenvalue weighted by Crippen LogP contribution is 2.18. The Morgan fingerprint density at radius 3 is 2.19 bits per heavy atom. The first-order valence-corrected chi connectivity index (χ1v) is 6.39. The third-order valence-electron chi connectivity index (χ3n) is 2.06. The van der Waals surface area contributed by atoms with Crippen molar-refractivity contribution in [3.8, 4) is 0 Å². The minimum Gasteiger partial charge on any atom is -0.481 e. The molecule has 0 saturated carbocycles. The van der Waals surface area contributed by atoms with Crippen LogP contribution in [-0.4, -0.2) is 30.9 Å². The summed E-state index contributed by atoms with van der Waals surface area (Å²) in [6.07, 6.45) is -0.445. The van der Waals surface area contributed by atoms with Crippen LogP contribution in [0.2, 0.25) is 0 Å². The number of hydrogen-bond donors (Lipinski definition) is 2. The molecule has 0 bridgehead atoms. The third-order valence-corrected chi connectivity index (χ3v) is 3.19. The maximum Gasteiger partial charge on any atom is 0.306 e. The molecular formula is C10H12O5S. The predicted molar refractivity (Wildman–Crippen MR) is 56.8 cm³/mol. The first-order chi connectivity index (χ1) is 7.30. The molecule has 0 aliphatic heterocycles. The number of aliphatic carboxylic acids is 1. The molecule has 1 aromatic carbocycles. The lowest BCUT2D eigenvalue weighted by Crippen LogP contribution is -2.05. The zero-order valence-electron chi connectivity index (χ0n) is 8.62. The standard InChI is InChI=1S/C10H12O5S/c1-16(14,15)8-4-2-7(3-5-8)9(11)6-10(12)13/h2-5,9,11H,6H2,1H3,(H,12,13)/t9-/m1/s1. The molecule has 0 radical (unpaired) electrons. The van der Waals surface area contributed by atoms with E-state index in [1.165, 1.54) is 24.3 Å². The summed E-state index contributed by atoms with van der Waals surface area (Å²) >= 11 is 0. The third kappa shape index (κ3) is 3.32. The highest BCUT2D eigenvalue weighted by atomic mass is 32.2. The van der Waals surface area contributed by atoms with Gasteiger partial charge < -0.3 is 10.2 Å². The number of benzene rings is 1. The molecule has 5 nitrogen and oxygen atoms in total. The van der Waals surface area contributed by atoms with Crippen molar-refractivity contribution in [1.29, 1.82) is 0 Å². The van der Waals surface area contributed by atoms with Gasteiger partial charge in [-0.25, -0.2) is 8.42 Å². The first-order valence-electron chi connectivity index (χ1n) is 4.50. The number of carbonyl (C=O) groups is 1. The quantitative estimate of drug-likeness (QED) is 0.809. The van der Waals surface area contributed by atoms with Crippen LogP contribution in [0, 0.1) is 0 Å². The lowest BCUT2D eigenvalue weighted by Gasteiger charge is -2.08. The van der Waals surface area contributed by atoms with Crippen LogP contribution in [0.1, 0.15) is 18.1 Å². The molecule has 0 aromatic heterocycles. The molecule has 0 heterocycles. The second kappa shape index (κ2) is 4.63. The molecule has 1 rings (SSSR count). The van der Waals surface area contributed by atoms with Crippen molar-refractivity contribution in [2.45, 2.75) is 17.4 Å². The first kappa shape index (κ1) is 12.7. The lowest BCUT2D eigenvalue weighted by molar-refractivity contribution is -0.139. The molecule has 0 unspecified atom stereocenters. The van der Waals surface area contributed by atoms with Crippen LogP contribution in [0.25, 0.3) is 0 Å². The monoisotopic (exact) mass is 244 g/mol. The summed E-state index contributed by atoms with van der Waals surface area (Å²) in [6.45, 7) is 0. The van der Waals surface area contributed by atoms with Gasteiger partial charge >= 0.3 is 5.97 Å². The summed E-state index contributed by atoms with van der Waals surface area (Å²) in [4.78, 5) is 10.5. The molecule has 0 spiro atoms. The van der Waals surface area contributed by atoms with Crippen LogP contribution in [0.4, 0.5) is 0 Å². The van der Waals surface area contributed by atoms with Gasteiger partial charge in [-0.2, -0.15) is 0 Å². The van der Waals surface area contributed by atoms with Gasteiger partial charge in [0.05, 0.1) is 17.4 Å². The van der Waals surface area contributed by atoms with E-state index in [4.69, 9.17) is 5.11 Å². The van der Waals surface area contributed by atoms with Gasteiger partial charge in [-0.15, -0.1) is 0 Å². The van der Waals surface area contributed by atoms with Gasteiger partial charge in [0.2, 0.25) is 0 Å². The molecule has 1 atom stereocenters. The van der Waals surface area contributed by atoms with E-state index in [1.54, 1.807) is 0 Å². The molecule has 0 amide bonds. The summed E-state index contributed by atoms with van der Waals surface area (Å²) in [5.41, 5.74) is 0.384. The Morgan fingerprint density at radius 1 is 1.31 bits per heavy atom. The normalized spacial score (nSPS) is 13.4. The van der Waals surface area contributed by atoms with Crippen LogP contribution in [0.15, 0.2) is 29.2 Å². The zero-order chi connectivity index (χ0) is 12.3. The van der Waals surface area contributed by atoms with E-state index in [-0.39, 0.29) is 4.90 Å². The Kier molecular flexibility index (Phi) is 3.66. The average Bonchev–Trinajstić information content (AvgIpc) is 2.15. The van der Waals surface area contributed by atoms with Crippen LogP contribution >= 0.6 is 0 Å². The second-order valence-corrected chi connectivity index (χ2v) is 5.47. The summed E-state index contributed by atoms with van der Waals surface area (Å²) in [5, 5.41) is 17.9. The largest absolute Gasteiger partial charge is 0.481 e. The minimum atomic E-state index is -3.27. The van der Waals surface area contributed by atoms with E-state index in [9.17, 15) is 18.3 Å². The SMILES string of the molecule is CS(=O)(=O)c1ccc([C@H](O)CC(=O)O)cc1. The smallest absolute Gasteiger partial charge is 0.306 e. The number of hydrogen-bond acceptors (Lipinski definition) is 4. The number of aliphatic hydroxyl groups excluding tert-OH is 1. The fraction of sp³-hybridized carbons (Fsp3) is 0.300. The van der Waals surface area contributed by atoms with Gasteiger partial charge in [0.15, 0.2) is 9.84 Å². The predicted octanol–water partition coefficient (Wildman–Crippen LogP) is 0.598. The Balaban J connectivity index is 2.91. The van der Waals surface area contributed by atoms with Crippen LogP contribution in [0.5, 0.6) is 0 Å². The van der Waals surface area contributed by atoms with E-state index in [2.05, 4.69) is 0 Å². The van der Waals surface area contributed by atoms with Crippen molar-refractivity contribution in [3.05, 3.63) is 29.8 Å². The number of rotatable bonds is 4. The molecule has 88 valence electrons. The van der Waals surface area contributed by atoms with Crippen LogP contribution in [-0.2, 0) is 14.6 Å². The number of sulfone groups is 1. The molecule has 2 N–H and O–H groups in total. The van der Waals surface area contributed by atoms with Gasteiger partial charge in [-0.05, 0) is 17.7 Å². The van der Waals surface area contributed by atoms with Gasteiger partial charge in [0.1, 0.15) is 0 Å². The van der Waals surface area contributed by atoms with Gasteiger partial charge in [0.25, 0.3) is 0 Å². The lowest BCUT2D eigenvalue weighted by atomic mass is 10.1. The molecule has 0 saturated heterocycles. The Bertz CT molecular complexity index is 474. The summed E-state index contributed by atoms with van der Waals surface area (Å²) in [7, 11) is -3.27. The van der Waals surface area contributed by atoms with Gasteiger partial charge in [-0.3, -0.25) is 4.79 Å². The molecular weight excluding hydrogens is 232 g/mol. The molecule has 16 heavy (non-hydrogen) atoms. The Morgan fingerprint density at radius 2 is 1.81 bits per heavy atom. The van der Waals surface area contributed by atoms with Crippen molar-refractivity contribution >= 4 is 15.8 Å². The van der Waals surface area contributed by atoms with Crippen molar-refractivity contribution < 1.29 is 23.4 Å². The molecule has 0 aliphatic rings. The average molecular weight is 244 g/mol. The number of carboxylic acid groups (broad SMARTS) is 1. The topological polar surface area (TPSA) is 91.7 Å². The van der Waals surface area contributed by atoms with E-state index in [0.29, 0.717) is 5.56 Å². The zero-order valence-corrected chi connectivity index (χ0v) is 9.44. The van der Waals surface area contributed by atoms with E-state index in [0.717, 1.165) is 6.26 Å². The van der Waals surface area contributed by atoms with Crippen molar-refractivity contribution in [1.82, 2.24) is 0 Å². The number of aliphatic hydroxyl groups is 1. The van der Waals surface area contributed by atoms with E-state index in [1.807, 2.05) is 0 Å². The highest BCUT2D eigenvalue weighted by Gasteiger charge is 2.13. The van der Waals surface area contributed by atoms with Gasteiger partial charge in [0, 0.05) is 6.26 Å². The maximum atomic E-state index is 11.1. The fourth-order valence-electron chi connectivity index (χ4n) is 1.22. The van der Waals surface area contributed by atoms with Crippen LogP contribution < -0.4 is 0 Å². The van der Waals surface area contributed by atoms with E-state index >= 15 is 0 Å². The van der Waals surface area contributed by atoms with Crippen molar-refractivity contribution in [3.63, 3.8) is 0 Å². The molecule has 0 aliphatic carbocycles. The van der Waals surface area contributed by atoms with Gasteiger partial charge in [-0.1, -0.05) is 12.1 Å². The van der Waals surface area contributed by atoms with Crippen molar-refractivity contribution in [2.75, 3.05) is 6.26 Å². The summed E-state index contributed by atoms with van der Waals surface area (Å²) < 4.78 is 22.3. The number of carboxylic acids is 1. The fourth-order valence-corrected chi connectivity index (χ4v) is 1.85. The second-order valence-electron chi connectivity index (χ2n) is 3.45. The van der Waals surface area contributed by atoms with Crippen LogP contribution in [0.3, 0.4) is 0 Å². The molecule has 1 aromatic rings. The molecule has 6 heteroatoms. The molecule has 0 fully saturated rings. The van der Waals surface area contributed by atoms with Crippen molar-refractivity contribution in [2.24, 2.45) is 0 Å². The maximum absolute atomic E-state index is 11.1. The minimum absolute atomic E-state index is 0.138. The summed E-state index contributed by atoms with van der Waals surface area (Å²) in [5.74, 6) is -1.11. The summed E-state index contributed by atoms with van der Waals surface area (Å²) in [6, 6.07) is 5.50.